The number of rotatable bonds is 3. The van der Waals surface area contributed by atoms with Gasteiger partial charge >= 0.3 is 41.3 Å². The molecule has 1 heterocycles. The summed E-state index contributed by atoms with van der Waals surface area (Å²) in [6, 6.07) is 7.21. The monoisotopic (exact) mass is 271 g/mol. The molecule has 2 aromatic rings. The Morgan fingerprint density at radius 2 is 1.95 bits per heavy atom. The van der Waals surface area contributed by atoms with Crippen LogP contribution in [0.15, 0.2) is 49.1 Å². The maximum absolute atomic E-state index is 11.7. The fraction of sp³-hybridized carbons (Fsp3) is 0. The van der Waals surface area contributed by atoms with Gasteiger partial charge in [-0.1, -0.05) is 11.1 Å². The zero-order chi connectivity index (χ0) is 13.0. The van der Waals surface area contributed by atoms with Crippen molar-refractivity contribution in [2.75, 3.05) is 0 Å². The first-order valence-corrected chi connectivity index (χ1v) is 5.04. The number of carboxylic acid groups (broad SMARTS) is 1. The number of carbonyl (C=O) groups excluding carboxylic acids is 1. The quantitative estimate of drug-likeness (QED) is 0.597. The molecule has 0 amide bonds. The van der Waals surface area contributed by atoms with Gasteiger partial charge in [0.1, 0.15) is 12.4 Å². The van der Waals surface area contributed by atoms with E-state index in [4.69, 9.17) is 9.94 Å². The van der Waals surface area contributed by atoms with Crippen molar-refractivity contribution in [2.24, 2.45) is 0 Å². The minimum atomic E-state index is -1.10. The molecule has 0 unspecified atom stereocenters. The zero-order valence-corrected chi connectivity index (χ0v) is 9.19. The van der Waals surface area contributed by atoms with Crippen LogP contribution in [-0.2, 0) is 0 Å². The van der Waals surface area contributed by atoms with E-state index in [1.807, 2.05) is 0 Å². The van der Waals surface area contributed by atoms with Gasteiger partial charge in [-0.05, 0) is 22.9 Å². The van der Waals surface area contributed by atoms with Crippen LogP contribution in [0.1, 0.15) is 20.7 Å². The molecule has 7 heteroatoms. The van der Waals surface area contributed by atoms with Crippen molar-refractivity contribution in [2.45, 2.75) is 0 Å². The predicted molar refractivity (Wildman–Crippen MR) is 67.3 cm³/mol. The fourth-order valence-electron chi connectivity index (χ4n) is 1.30. The van der Waals surface area contributed by atoms with Crippen molar-refractivity contribution in [3.05, 3.63) is 60.2 Å². The third kappa shape index (κ3) is 4.00. The third-order valence-electron chi connectivity index (χ3n) is 2.12. The van der Waals surface area contributed by atoms with Gasteiger partial charge in [0.05, 0.1) is 11.1 Å². The van der Waals surface area contributed by atoms with Crippen LogP contribution in [0.5, 0.6) is 0 Å². The lowest BCUT2D eigenvalue weighted by Gasteiger charge is -2.00. The van der Waals surface area contributed by atoms with Crippen molar-refractivity contribution in [1.29, 1.82) is 0 Å². The van der Waals surface area contributed by atoms with E-state index in [9.17, 15) is 9.59 Å². The summed E-state index contributed by atoms with van der Waals surface area (Å²) in [4.78, 5) is 31.2. The highest BCUT2D eigenvalue weighted by Crippen LogP contribution is 2.05. The van der Waals surface area contributed by atoms with Crippen molar-refractivity contribution in [3.63, 3.8) is 0 Å². The van der Waals surface area contributed by atoms with Crippen molar-refractivity contribution in [3.8, 4) is 0 Å². The molecule has 0 bridgehead atoms. The molecule has 6 nitrogen and oxygen atoms in total. The number of aromatic carboxylic acids is 1. The number of carbonyl (C=O) groups is 2. The molecular formula is C12H11MgN2O4+. The maximum atomic E-state index is 11.7. The summed E-state index contributed by atoms with van der Waals surface area (Å²) in [6.07, 6.45) is 4.36. The van der Waals surface area contributed by atoms with Crippen molar-refractivity contribution < 1.29 is 24.3 Å². The van der Waals surface area contributed by atoms with Crippen LogP contribution in [-0.4, -0.2) is 45.1 Å². The Labute approximate surface area is 124 Å². The van der Waals surface area contributed by atoms with E-state index >= 15 is 0 Å². The van der Waals surface area contributed by atoms with Crippen molar-refractivity contribution in [1.82, 2.24) is 4.98 Å². The molecule has 19 heavy (non-hydrogen) atoms. The van der Waals surface area contributed by atoms with Crippen LogP contribution in [0.25, 0.3) is 0 Å². The topological polar surface area (TPSA) is 80.4 Å². The van der Waals surface area contributed by atoms with E-state index in [0.29, 0.717) is 0 Å². The summed E-state index contributed by atoms with van der Waals surface area (Å²) in [5, 5.41) is 8.81. The standard InChI is InChI=1S/C12H8N2O4.Mg.2H/c15-11(16)9-3-1-4-10(7-9)12(17)18-14-6-2-5-13-8-14;;;/h1-8H;;;/p+1. The number of carboxylic acids is 1. The van der Waals surface area contributed by atoms with Crippen LogP contribution < -0.4 is 9.57 Å². The molecule has 1 N–H and O–H groups in total. The van der Waals surface area contributed by atoms with Crippen LogP contribution >= 0.6 is 0 Å². The van der Waals surface area contributed by atoms with E-state index in [1.54, 1.807) is 6.07 Å². The highest BCUT2D eigenvalue weighted by molar-refractivity contribution is 5.94. The lowest BCUT2D eigenvalue weighted by atomic mass is 10.1. The van der Waals surface area contributed by atoms with Gasteiger partial charge < -0.3 is 5.11 Å². The van der Waals surface area contributed by atoms with Gasteiger partial charge in [-0.25, -0.2) is 9.59 Å². The van der Waals surface area contributed by atoms with Crippen LogP contribution in [0.3, 0.4) is 0 Å². The molecule has 1 aromatic carbocycles. The summed E-state index contributed by atoms with van der Waals surface area (Å²) < 4.78 is 1.13. The molecule has 2 rings (SSSR count). The molecule has 0 spiro atoms. The molecule has 94 valence electrons. The number of hydrogen-bond acceptors (Lipinski definition) is 4. The lowest BCUT2D eigenvalue weighted by molar-refractivity contribution is -0.870. The normalized spacial score (nSPS) is 9.26. The highest BCUT2D eigenvalue weighted by atomic mass is 24.3. The van der Waals surface area contributed by atoms with Gasteiger partial charge in [0, 0.05) is 6.07 Å². The molecule has 0 aliphatic rings. The predicted octanol–water partition coefficient (Wildman–Crippen LogP) is -0.580. The summed E-state index contributed by atoms with van der Waals surface area (Å²) >= 11 is 0. The smallest absolute Gasteiger partial charge is 0.388 e. The van der Waals surface area contributed by atoms with Gasteiger partial charge in [0.15, 0.2) is 0 Å². The maximum Gasteiger partial charge on any atom is 0.388 e. The largest absolute Gasteiger partial charge is 0.478 e. The SMILES string of the molecule is O=C(O)c1cccc(C(=O)O[n+]2cccnc2)c1.[MgH2]. The van der Waals surface area contributed by atoms with E-state index in [1.165, 1.54) is 43.0 Å². The van der Waals surface area contributed by atoms with E-state index < -0.39 is 11.9 Å². The molecular weight excluding hydrogens is 260 g/mol. The Morgan fingerprint density at radius 1 is 1.21 bits per heavy atom. The Kier molecular flexibility index (Phi) is 5.40. The van der Waals surface area contributed by atoms with Crippen molar-refractivity contribution >= 4 is 35.0 Å². The molecule has 0 aliphatic heterocycles. The average Bonchev–Trinajstić information content (AvgIpc) is 2.40. The van der Waals surface area contributed by atoms with Crippen LogP contribution in [0.4, 0.5) is 0 Å². The van der Waals surface area contributed by atoms with Gasteiger partial charge in [0.2, 0.25) is 0 Å². The fourth-order valence-corrected chi connectivity index (χ4v) is 1.30. The average molecular weight is 272 g/mol. The first kappa shape index (κ1) is 15.1. The van der Waals surface area contributed by atoms with Crippen LogP contribution in [0.2, 0.25) is 0 Å². The summed E-state index contributed by atoms with van der Waals surface area (Å²) in [5.74, 6) is -1.75. The molecule has 0 aliphatic carbocycles. The molecule has 0 atom stereocenters. The number of aromatic nitrogens is 2. The Bertz CT molecular complexity index is 589. The Balaban J connectivity index is 0.00000180. The summed E-state index contributed by atoms with van der Waals surface area (Å²) in [5.41, 5.74) is 0.187. The molecule has 0 saturated carbocycles. The molecule has 0 fully saturated rings. The lowest BCUT2D eigenvalue weighted by Crippen LogP contribution is -2.45. The number of nitrogens with zero attached hydrogens (tertiary/aromatic N) is 2. The summed E-state index contributed by atoms with van der Waals surface area (Å²) in [6.45, 7) is 0. The molecule has 0 radical (unpaired) electrons. The second kappa shape index (κ2) is 6.81. The second-order valence-corrected chi connectivity index (χ2v) is 3.38. The Hall–Kier alpha value is -1.99. The number of hydrogen-bond donors (Lipinski definition) is 1. The highest BCUT2D eigenvalue weighted by Gasteiger charge is 2.13. The minimum absolute atomic E-state index is 0. The zero-order valence-electron chi connectivity index (χ0n) is 9.19. The van der Waals surface area contributed by atoms with Gasteiger partial charge in [-0.3, -0.25) is 4.84 Å². The van der Waals surface area contributed by atoms with E-state index in [0.717, 1.165) is 4.73 Å². The molecule has 0 saturated heterocycles. The minimum Gasteiger partial charge on any atom is -0.478 e. The van der Waals surface area contributed by atoms with Gasteiger partial charge in [-0.15, -0.1) is 0 Å². The first-order chi connectivity index (χ1) is 8.66. The summed E-state index contributed by atoms with van der Waals surface area (Å²) in [7, 11) is 0. The van der Waals surface area contributed by atoms with Gasteiger partial charge in [-0.2, -0.15) is 0 Å². The number of benzene rings is 1. The molecule has 1 aromatic heterocycles. The third-order valence-corrected chi connectivity index (χ3v) is 2.12. The second-order valence-electron chi connectivity index (χ2n) is 3.38. The van der Waals surface area contributed by atoms with Gasteiger partial charge in [0.25, 0.3) is 0 Å². The van der Waals surface area contributed by atoms with Crippen LogP contribution in [0, 0.1) is 0 Å². The van der Waals surface area contributed by atoms with E-state index in [2.05, 4.69) is 4.98 Å². The van der Waals surface area contributed by atoms with E-state index in [-0.39, 0.29) is 34.2 Å². The first-order valence-electron chi connectivity index (χ1n) is 5.04. The Morgan fingerprint density at radius 3 is 2.58 bits per heavy atom.